The van der Waals surface area contributed by atoms with E-state index in [1.807, 2.05) is 24.3 Å². The monoisotopic (exact) mass is 337 g/mol. The Morgan fingerprint density at radius 3 is 2.64 bits per heavy atom. The van der Waals surface area contributed by atoms with Crippen LogP contribution in [0.2, 0.25) is 5.02 Å². The van der Waals surface area contributed by atoms with Gasteiger partial charge in [-0.25, -0.2) is 4.79 Å². The highest BCUT2D eigenvalue weighted by atomic mass is 35.5. The number of thiophene rings is 1. The topological polar surface area (TPSA) is 46.6 Å². The van der Waals surface area contributed by atoms with Gasteiger partial charge in [0.05, 0.1) is 5.02 Å². The Morgan fingerprint density at radius 2 is 1.95 bits per heavy atom. The molecule has 0 saturated carbocycles. The highest BCUT2D eigenvalue weighted by Gasteiger charge is 2.28. The zero-order chi connectivity index (χ0) is 15.7. The molecule has 1 aromatic heterocycles. The summed E-state index contributed by atoms with van der Waals surface area (Å²) in [6.07, 6.45) is 1.23. The predicted octanol–water partition coefficient (Wildman–Crippen LogP) is 3.72. The molecule has 2 aromatic rings. The van der Waals surface area contributed by atoms with Crippen LogP contribution in [0.1, 0.15) is 29.4 Å². The lowest BCUT2D eigenvalue weighted by Crippen LogP contribution is -2.38. The lowest BCUT2D eigenvalue weighted by Gasteiger charge is -2.20. The summed E-state index contributed by atoms with van der Waals surface area (Å²) in [5.74, 6) is -0.672. The second-order valence-electron chi connectivity index (χ2n) is 5.32. The highest BCUT2D eigenvalue weighted by Crippen LogP contribution is 2.35. The first kappa shape index (κ1) is 15.3. The molecule has 2 heterocycles. The fourth-order valence-electron chi connectivity index (χ4n) is 2.60. The number of benzene rings is 1. The predicted molar refractivity (Wildman–Crippen MR) is 87.5 cm³/mol. The van der Waals surface area contributed by atoms with Crippen molar-refractivity contribution in [1.82, 2.24) is 4.90 Å². The molecule has 4 nitrogen and oxygen atoms in total. The number of carbonyl (C=O) groups is 2. The molecule has 116 valence electrons. The van der Waals surface area contributed by atoms with Crippen LogP contribution in [0.5, 0.6) is 0 Å². The van der Waals surface area contributed by atoms with Crippen molar-refractivity contribution in [1.29, 1.82) is 0 Å². The van der Waals surface area contributed by atoms with Crippen molar-refractivity contribution in [2.75, 3.05) is 13.1 Å². The van der Waals surface area contributed by atoms with Crippen LogP contribution in [0.15, 0.2) is 24.3 Å². The van der Waals surface area contributed by atoms with Crippen LogP contribution in [0.25, 0.3) is 10.1 Å². The number of fused-ring (bicyclic) bond motifs is 1. The number of nitrogens with zero attached hydrogens (tertiary/aromatic N) is 1. The van der Waals surface area contributed by atoms with Gasteiger partial charge in [-0.2, -0.15) is 0 Å². The summed E-state index contributed by atoms with van der Waals surface area (Å²) in [5, 5.41) is 1.23. The van der Waals surface area contributed by atoms with Gasteiger partial charge >= 0.3 is 5.97 Å². The fourth-order valence-corrected chi connectivity index (χ4v) is 4.00. The van der Waals surface area contributed by atoms with Gasteiger partial charge in [-0.15, -0.1) is 11.3 Å². The van der Waals surface area contributed by atoms with E-state index in [1.165, 1.54) is 11.3 Å². The Kier molecular flexibility index (Phi) is 4.36. The summed E-state index contributed by atoms with van der Waals surface area (Å²) >= 11 is 7.54. The van der Waals surface area contributed by atoms with E-state index in [0.29, 0.717) is 9.90 Å². The zero-order valence-corrected chi connectivity index (χ0v) is 13.7. The average Bonchev–Trinajstić information content (AvgIpc) is 3.15. The van der Waals surface area contributed by atoms with E-state index >= 15 is 0 Å². The molecule has 22 heavy (non-hydrogen) atoms. The molecule has 1 aliphatic rings. The number of esters is 1. The fraction of sp³-hybridized carbons (Fsp3) is 0.375. The molecule has 1 aliphatic heterocycles. The Bertz CT molecular complexity index is 721. The van der Waals surface area contributed by atoms with Gasteiger partial charge in [0, 0.05) is 23.2 Å². The number of likely N-dealkylation sites (tertiary alicyclic amines) is 1. The van der Waals surface area contributed by atoms with Gasteiger partial charge in [0.2, 0.25) is 0 Å². The van der Waals surface area contributed by atoms with Crippen LogP contribution in [0.4, 0.5) is 0 Å². The quantitative estimate of drug-likeness (QED) is 0.802. The molecule has 0 unspecified atom stereocenters. The molecule has 1 atom stereocenters. The first-order valence-electron chi connectivity index (χ1n) is 7.24. The number of halogens is 1. The first-order chi connectivity index (χ1) is 10.6. The molecule has 3 rings (SSSR count). The summed E-state index contributed by atoms with van der Waals surface area (Å²) in [5.41, 5.74) is 0. The molecule has 1 amide bonds. The standard InChI is InChI=1S/C16H16ClNO3S/c1-10(15(19)18-8-4-5-9-18)21-16(20)14-13(17)11-6-2-3-7-12(11)22-14/h2-3,6-7,10H,4-5,8-9H2,1H3/t10-/m1/s1. The van der Waals surface area contributed by atoms with Crippen molar-refractivity contribution < 1.29 is 14.3 Å². The Labute approximate surface area is 137 Å². The molecule has 0 radical (unpaired) electrons. The van der Waals surface area contributed by atoms with Gasteiger partial charge in [-0.3, -0.25) is 4.79 Å². The van der Waals surface area contributed by atoms with Crippen molar-refractivity contribution in [3.05, 3.63) is 34.2 Å². The third kappa shape index (κ3) is 2.83. The second kappa shape index (κ2) is 6.26. The molecule has 0 spiro atoms. The summed E-state index contributed by atoms with van der Waals surface area (Å²) in [6, 6.07) is 7.53. The van der Waals surface area contributed by atoms with Crippen LogP contribution in [-0.4, -0.2) is 36.0 Å². The first-order valence-corrected chi connectivity index (χ1v) is 8.44. The van der Waals surface area contributed by atoms with E-state index in [4.69, 9.17) is 16.3 Å². The smallest absolute Gasteiger partial charge is 0.350 e. The minimum atomic E-state index is -0.785. The molecule has 0 bridgehead atoms. The highest BCUT2D eigenvalue weighted by molar-refractivity contribution is 7.21. The van der Waals surface area contributed by atoms with E-state index in [-0.39, 0.29) is 5.91 Å². The van der Waals surface area contributed by atoms with Gasteiger partial charge in [0.15, 0.2) is 6.10 Å². The van der Waals surface area contributed by atoms with Gasteiger partial charge < -0.3 is 9.64 Å². The molecular formula is C16H16ClNO3S. The van der Waals surface area contributed by atoms with Gasteiger partial charge in [0.1, 0.15) is 4.88 Å². The molecule has 1 saturated heterocycles. The van der Waals surface area contributed by atoms with Crippen molar-refractivity contribution in [2.24, 2.45) is 0 Å². The van der Waals surface area contributed by atoms with Gasteiger partial charge in [-0.05, 0) is 25.8 Å². The zero-order valence-electron chi connectivity index (χ0n) is 12.2. The van der Waals surface area contributed by atoms with E-state index in [0.717, 1.165) is 36.0 Å². The van der Waals surface area contributed by atoms with Crippen LogP contribution in [0, 0.1) is 0 Å². The molecular weight excluding hydrogens is 322 g/mol. The van der Waals surface area contributed by atoms with Crippen LogP contribution >= 0.6 is 22.9 Å². The number of amides is 1. The third-order valence-electron chi connectivity index (χ3n) is 3.77. The lowest BCUT2D eigenvalue weighted by molar-refractivity contribution is -0.138. The van der Waals surface area contributed by atoms with Gasteiger partial charge in [-0.1, -0.05) is 29.8 Å². The van der Waals surface area contributed by atoms with E-state index in [9.17, 15) is 9.59 Å². The number of hydrogen-bond acceptors (Lipinski definition) is 4. The Hall–Kier alpha value is -1.59. The minimum absolute atomic E-state index is 0.136. The molecule has 1 aromatic carbocycles. The average molecular weight is 338 g/mol. The molecule has 6 heteroatoms. The van der Waals surface area contributed by atoms with Crippen LogP contribution in [-0.2, 0) is 9.53 Å². The number of carbonyl (C=O) groups excluding carboxylic acids is 2. The summed E-state index contributed by atoms with van der Waals surface area (Å²) in [6.45, 7) is 3.09. The SMILES string of the molecule is C[C@@H](OC(=O)c1sc2ccccc2c1Cl)C(=O)N1CCCC1. The van der Waals surface area contributed by atoms with E-state index < -0.39 is 12.1 Å². The minimum Gasteiger partial charge on any atom is -0.448 e. The number of hydrogen-bond donors (Lipinski definition) is 0. The van der Waals surface area contributed by atoms with Crippen molar-refractivity contribution in [3.8, 4) is 0 Å². The van der Waals surface area contributed by atoms with Crippen molar-refractivity contribution in [2.45, 2.75) is 25.9 Å². The third-order valence-corrected chi connectivity index (χ3v) is 5.43. The molecule has 0 aliphatic carbocycles. The summed E-state index contributed by atoms with van der Waals surface area (Å²) in [7, 11) is 0. The van der Waals surface area contributed by atoms with Crippen molar-refractivity contribution in [3.63, 3.8) is 0 Å². The summed E-state index contributed by atoms with van der Waals surface area (Å²) in [4.78, 5) is 26.6. The largest absolute Gasteiger partial charge is 0.448 e. The van der Waals surface area contributed by atoms with Gasteiger partial charge in [0.25, 0.3) is 5.91 Å². The maximum Gasteiger partial charge on any atom is 0.350 e. The second-order valence-corrected chi connectivity index (χ2v) is 6.75. The normalized spacial score (nSPS) is 16.0. The van der Waals surface area contributed by atoms with Crippen LogP contribution < -0.4 is 0 Å². The number of rotatable bonds is 3. The van der Waals surface area contributed by atoms with Crippen LogP contribution in [0.3, 0.4) is 0 Å². The Balaban J connectivity index is 1.75. The van der Waals surface area contributed by atoms with E-state index in [1.54, 1.807) is 11.8 Å². The number of ether oxygens (including phenoxy) is 1. The van der Waals surface area contributed by atoms with E-state index in [2.05, 4.69) is 0 Å². The molecule has 0 N–H and O–H groups in total. The maximum absolute atomic E-state index is 12.3. The maximum atomic E-state index is 12.3. The molecule has 1 fully saturated rings. The van der Waals surface area contributed by atoms with Crippen molar-refractivity contribution >= 4 is 44.9 Å². The lowest BCUT2D eigenvalue weighted by atomic mass is 10.2. The summed E-state index contributed by atoms with van der Waals surface area (Å²) < 4.78 is 6.25. The Morgan fingerprint density at radius 1 is 1.27 bits per heavy atom.